The molecule has 0 aliphatic carbocycles. The van der Waals surface area contributed by atoms with Crippen molar-refractivity contribution in [2.75, 3.05) is 7.11 Å². The first-order valence-electron chi connectivity index (χ1n) is 5.93. The van der Waals surface area contributed by atoms with Crippen LogP contribution in [-0.4, -0.2) is 18.9 Å². The van der Waals surface area contributed by atoms with Crippen LogP contribution < -0.4 is 0 Å². The molecule has 0 radical (unpaired) electrons. The fraction of sp³-hybridized carbons (Fsp3) is 0.429. The van der Waals surface area contributed by atoms with Crippen LogP contribution in [0.2, 0.25) is 5.02 Å². The molecule has 0 spiro atoms. The average Bonchev–Trinajstić information content (AvgIpc) is 2.37. The van der Waals surface area contributed by atoms with Gasteiger partial charge in [-0.1, -0.05) is 31.9 Å². The van der Waals surface area contributed by atoms with Gasteiger partial charge < -0.3 is 4.74 Å². The lowest BCUT2D eigenvalue weighted by molar-refractivity contribution is 0.0596. The van der Waals surface area contributed by atoms with Crippen LogP contribution in [0.15, 0.2) is 18.2 Å². The second kappa shape index (κ2) is 6.55. The number of Topliss-reactive ketones (excluding diaryl/α,β-unsaturated/α-hetero) is 1. The molecule has 0 heterocycles. The fourth-order valence-electron chi connectivity index (χ4n) is 1.84. The molecular weight excluding hydrogens is 252 g/mol. The summed E-state index contributed by atoms with van der Waals surface area (Å²) in [6, 6.07) is 4.67. The van der Waals surface area contributed by atoms with Crippen LogP contribution in [0.4, 0.5) is 0 Å². The number of halogens is 1. The fourth-order valence-corrected chi connectivity index (χ4v) is 2.01. The van der Waals surface area contributed by atoms with Crippen molar-refractivity contribution in [3.05, 3.63) is 34.3 Å². The summed E-state index contributed by atoms with van der Waals surface area (Å²) in [4.78, 5) is 23.9. The van der Waals surface area contributed by atoms with Gasteiger partial charge in [0, 0.05) is 16.5 Å². The van der Waals surface area contributed by atoms with Gasteiger partial charge in [-0.3, -0.25) is 4.79 Å². The normalized spacial score (nSPS) is 12.0. The summed E-state index contributed by atoms with van der Waals surface area (Å²) in [5.41, 5.74) is 0.616. The van der Waals surface area contributed by atoms with E-state index < -0.39 is 5.97 Å². The monoisotopic (exact) mass is 268 g/mol. The summed E-state index contributed by atoms with van der Waals surface area (Å²) < 4.78 is 4.67. The van der Waals surface area contributed by atoms with Crippen molar-refractivity contribution in [1.82, 2.24) is 0 Å². The molecule has 0 N–H and O–H groups in total. The molecule has 0 bridgehead atoms. The highest BCUT2D eigenvalue weighted by Crippen LogP contribution is 2.21. The van der Waals surface area contributed by atoms with E-state index in [1.807, 2.05) is 13.8 Å². The molecule has 0 aliphatic rings. The number of ketones is 1. The van der Waals surface area contributed by atoms with Crippen LogP contribution in [-0.2, 0) is 4.74 Å². The lowest BCUT2D eigenvalue weighted by Crippen LogP contribution is -2.16. The third-order valence-electron chi connectivity index (χ3n) is 2.82. The van der Waals surface area contributed by atoms with E-state index in [4.69, 9.17) is 11.6 Å². The number of hydrogen-bond acceptors (Lipinski definition) is 3. The zero-order valence-electron chi connectivity index (χ0n) is 10.8. The Hall–Kier alpha value is -1.35. The number of methoxy groups -OCH3 is 1. The summed E-state index contributed by atoms with van der Waals surface area (Å²) >= 11 is 5.84. The molecule has 1 rings (SSSR count). The van der Waals surface area contributed by atoms with Gasteiger partial charge in [-0.15, -0.1) is 0 Å². The maximum absolute atomic E-state index is 12.2. The van der Waals surface area contributed by atoms with E-state index in [9.17, 15) is 9.59 Å². The minimum absolute atomic E-state index is 0.0473. The SMILES string of the molecule is CCCC(C)C(=O)c1ccc(Cl)cc1C(=O)OC. The Morgan fingerprint density at radius 1 is 1.33 bits per heavy atom. The van der Waals surface area contributed by atoms with Crippen LogP contribution in [0.5, 0.6) is 0 Å². The van der Waals surface area contributed by atoms with Gasteiger partial charge >= 0.3 is 5.97 Å². The van der Waals surface area contributed by atoms with Crippen LogP contribution in [0.3, 0.4) is 0 Å². The molecule has 0 aliphatic heterocycles. The van der Waals surface area contributed by atoms with Gasteiger partial charge in [-0.25, -0.2) is 4.79 Å². The van der Waals surface area contributed by atoms with Gasteiger partial charge in [-0.05, 0) is 24.6 Å². The van der Waals surface area contributed by atoms with Gasteiger partial charge in [0.1, 0.15) is 0 Å². The van der Waals surface area contributed by atoms with Crippen LogP contribution in [0.25, 0.3) is 0 Å². The highest BCUT2D eigenvalue weighted by molar-refractivity contribution is 6.31. The molecule has 0 fully saturated rings. The largest absolute Gasteiger partial charge is 0.465 e. The van der Waals surface area contributed by atoms with Crippen molar-refractivity contribution in [3.63, 3.8) is 0 Å². The number of rotatable bonds is 5. The molecule has 98 valence electrons. The van der Waals surface area contributed by atoms with Gasteiger partial charge in [-0.2, -0.15) is 0 Å². The quantitative estimate of drug-likeness (QED) is 0.603. The minimum atomic E-state index is -0.537. The molecule has 3 nitrogen and oxygen atoms in total. The second-order valence-electron chi connectivity index (χ2n) is 4.24. The first kappa shape index (κ1) is 14.7. The van der Waals surface area contributed by atoms with Crippen molar-refractivity contribution in [2.45, 2.75) is 26.7 Å². The Bertz CT molecular complexity index is 454. The third-order valence-corrected chi connectivity index (χ3v) is 3.06. The molecule has 0 saturated heterocycles. The third kappa shape index (κ3) is 3.33. The summed E-state index contributed by atoms with van der Waals surface area (Å²) in [7, 11) is 1.28. The first-order chi connectivity index (χ1) is 8.51. The predicted octanol–water partition coefficient (Wildman–Crippen LogP) is 3.75. The van der Waals surface area contributed by atoms with Crippen LogP contribution >= 0.6 is 11.6 Å². The Balaban J connectivity index is 3.15. The molecule has 1 aromatic carbocycles. The first-order valence-corrected chi connectivity index (χ1v) is 6.31. The van der Waals surface area contributed by atoms with Gasteiger partial charge in [0.05, 0.1) is 12.7 Å². The molecule has 0 amide bonds. The maximum Gasteiger partial charge on any atom is 0.338 e. The smallest absolute Gasteiger partial charge is 0.338 e. The zero-order valence-corrected chi connectivity index (χ0v) is 11.6. The topological polar surface area (TPSA) is 43.4 Å². The summed E-state index contributed by atoms with van der Waals surface area (Å²) in [6.45, 7) is 3.88. The van der Waals surface area contributed by atoms with E-state index in [1.54, 1.807) is 12.1 Å². The van der Waals surface area contributed by atoms with Crippen molar-refractivity contribution in [3.8, 4) is 0 Å². The molecule has 0 saturated carbocycles. The molecule has 4 heteroatoms. The maximum atomic E-state index is 12.2. The second-order valence-corrected chi connectivity index (χ2v) is 4.67. The van der Waals surface area contributed by atoms with Crippen molar-refractivity contribution in [2.24, 2.45) is 5.92 Å². The molecular formula is C14H17ClO3. The van der Waals surface area contributed by atoms with E-state index in [1.165, 1.54) is 13.2 Å². The van der Waals surface area contributed by atoms with Crippen LogP contribution in [0, 0.1) is 5.92 Å². The van der Waals surface area contributed by atoms with Crippen LogP contribution in [0.1, 0.15) is 47.4 Å². The molecule has 0 aromatic heterocycles. The van der Waals surface area contributed by atoms with Crippen molar-refractivity contribution in [1.29, 1.82) is 0 Å². The predicted molar refractivity (Wildman–Crippen MR) is 71.2 cm³/mol. The number of benzene rings is 1. The van der Waals surface area contributed by atoms with Crippen molar-refractivity contribution < 1.29 is 14.3 Å². The summed E-state index contributed by atoms with van der Waals surface area (Å²) in [6.07, 6.45) is 1.72. The summed E-state index contributed by atoms with van der Waals surface area (Å²) in [5.74, 6) is -0.696. The summed E-state index contributed by atoms with van der Waals surface area (Å²) in [5, 5.41) is 0.412. The zero-order chi connectivity index (χ0) is 13.7. The number of ether oxygens (including phenoxy) is 1. The van der Waals surface area contributed by atoms with Gasteiger partial charge in [0.2, 0.25) is 0 Å². The molecule has 1 aromatic rings. The molecule has 1 atom stereocenters. The minimum Gasteiger partial charge on any atom is -0.465 e. The Labute approximate surface area is 112 Å². The Morgan fingerprint density at radius 2 is 2.00 bits per heavy atom. The number of carbonyl (C=O) groups is 2. The van der Waals surface area contributed by atoms with E-state index in [0.29, 0.717) is 10.6 Å². The Morgan fingerprint density at radius 3 is 2.56 bits per heavy atom. The lowest BCUT2D eigenvalue weighted by Gasteiger charge is -2.12. The van der Waals surface area contributed by atoms with E-state index >= 15 is 0 Å². The van der Waals surface area contributed by atoms with Gasteiger partial charge in [0.25, 0.3) is 0 Å². The number of carbonyl (C=O) groups excluding carboxylic acids is 2. The Kier molecular flexibility index (Phi) is 5.35. The average molecular weight is 269 g/mol. The molecule has 1 unspecified atom stereocenters. The van der Waals surface area contributed by atoms with E-state index in [0.717, 1.165) is 12.8 Å². The highest BCUT2D eigenvalue weighted by atomic mass is 35.5. The number of hydrogen-bond donors (Lipinski definition) is 0. The number of esters is 1. The van der Waals surface area contributed by atoms with E-state index in [-0.39, 0.29) is 17.3 Å². The van der Waals surface area contributed by atoms with Gasteiger partial charge in [0.15, 0.2) is 5.78 Å². The molecule has 18 heavy (non-hydrogen) atoms. The standard InChI is InChI=1S/C14H17ClO3/c1-4-5-9(2)13(16)11-7-6-10(15)8-12(11)14(17)18-3/h6-9H,4-5H2,1-3H3. The van der Waals surface area contributed by atoms with Crippen molar-refractivity contribution >= 4 is 23.4 Å². The van der Waals surface area contributed by atoms with E-state index in [2.05, 4.69) is 4.74 Å². The lowest BCUT2D eigenvalue weighted by atomic mass is 9.92. The highest BCUT2D eigenvalue weighted by Gasteiger charge is 2.21.